The van der Waals surface area contributed by atoms with Crippen molar-refractivity contribution in [3.63, 3.8) is 0 Å². The lowest BCUT2D eigenvalue weighted by molar-refractivity contribution is 0.487. The fourth-order valence-corrected chi connectivity index (χ4v) is 1.01. The zero-order valence-corrected chi connectivity index (χ0v) is 8.26. The molecule has 0 aliphatic rings. The Hall–Kier alpha value is -0.920. The van der Waals surface area contributed by atoms with E-state index in [0.717, 1.165) is 17.9 Å². The van der Waals surface area contributed by atoms with Gasteiger partial charge in [-0.05, 0) is 19.4 Å². The molecule has 0 aliphatic heterocycles. The standard InChI is InChI=1S/C10H16N2/c1-5-10(3,4)9-6-7-11-8(2)12-9/h6-7H,5H2,1-4H3. The Morgan fingerprint density at radius 1 is 1.42 bits per heavy atom. The van der Waals surface area contributed by atoms with E-state index in [4.69, 9.17) is 0 Å². The third-order valence-electron chi connectivity index (χ3n) is 2.35. The molecule has 0 fully saturated rings. The number of rotatable bonds is 2. The molecule has 0 bridgehead atoms. The van der Waals surface area contributed by atoms with Crippen molar-refractivity contribution in [2.24, 2.45) is 0 Å². The molecule has 0 saturated carbocycles. The molecule has 12 heavy (non-hydrogen) atoms. The molecule has 1 rings (SSSR count). The zero-order chi connectivity index (χ0) is 9.19. The summed E-state index contributed by atoms with van der Waals surface area (Å²) >= 11 is 0. The van der Waals surface area contributed by atoms with Crippen molar-refractivity contribution in [3.8, 4) is 0 Å². The molecule has 0 saturated heterocycles. The van der Waals surface area contributed by atoms with Gasteiger partial charge in [-0.25, -0.2) is 9.97 Å². The number of nitrogens with zero attached hydrogens (tertiary/aromatic N) is 2. The lowest BCUT2D eigenvalue weighted by atomic mass is 9.86. The normalized spacial score (nSPS) is 11.7. The van der Waals surface area contributed by atoms with Crippen LogP contribution in [0.5, 0.6) is 0 Å². The molecule has 1 heterocycles. The summed E-state index contributed by atoms with van der Waals surface area (Å²) in [5.41, 5.74) is 1.31. The van der Waals surface area contributed by atoms with E-state index in [1.54, 1.807) is 0 Å². The molecule has 0 N–H and O–H groups in total. The summed E-state index contributed by atoms with van der Waals surface area (Å²) in [6, 6.07) is 2.00. The number of hydrogen-bond donors (Lipinski definition) is 0. The van der Waals surface area contributed by atoms with Crippen molar-refractivity contribution >= 4 is 0 Å². The minimum atomic E-state index is 0.174. The smallest absolute Gasteiger partial charge is 0.125 e. The Morgan fingerprint density at radius 2 is 2.08 bits per heavy atom. The molecule has 1 aromatic heterocycles. The van der Waals surface area contributed by atoms with Crippen LogP contribution in [0.1, 0.15) is 38.7 Å². The van der Waals surface area contributed by atoms with Gasteiger partial charge in [0.2, 0.25) is 0 Å². The number of aromatic nitrogens is 2. The Labute approximate surface area is 74.1 Å². The van der Waals surface area contributed by atoms with Crippen molar-refractivity contribution in [1.82, 2.24) is 9.97 Å². The van der Waals surface area contributed by atoms with Gasteiger partial charge in [0, 0.05) is 17.3 Å². The summed E-state index contributed by atoms with van der Waals surface area (Å²) in [4.78, 5) is 8.48. The molecule has 0 aliphatic carbocycles. The van der Waals surface area contributed by atoms with Gasteiger partial charge in [-0.15, -0.1) is 0 Å². The maximum Gasteiger partial charge on any atom is 0.125 e. The van der Waals surface area contributed by atoms with Crippen LogP contribution in [0.3, 0.4) is 0 Å². The summed E-state index contributed by atoms with van der Waals surface area (Å²) in [5.74, 6) is 0.856. The van der Waals surface area contributed by atoms with Gasteiger partial charge in [-0.3, -0.25) is 0 Å². The highest BCUT2D eigenvalue weighted by molar-refractivity contribution is 5.12. The summed E-state index contributed by atoms with van der Waals surface area (Å²) in [6.45, 7) is 8.51. The average Bonchev–Trinajstić information content (AvgIpc) is 2.05. The van der Waals surface area contributed by atoms with E-state index >= 15 is 0 Å². The fourth-order valence-electron chi connectivity index (χ4n) is 1.01. The Kier molecular flexibility index (Phi) is 2.46. The maximum absolute atomic E-state index is 4.40. The average molecular weight is 164 g/mol. The zero-order valence-electron chi connectivity index (χ0n) is 8.26. The SMILES string of the molecule is CCC(C)(C)c1ccnc(C)n1. The molecule has 2 heteroatoms. The topological polar surface area (TPSA) is 25.8 Å². The second kappa shape index (κ2) is 3.21. The molecule has 2 nitrogen and oxygen atoms in total. The van der Waals surface area contributed by atoms with Gasteiger partial charge in [-0.1, -0.05) is 20.8 Å². The van der Waals surface area contributed by atoms with Crippen LogP contribution >= 0.6 is 0 Å². The first-order valence-corrected chi connectivity index (χ1v) is 4.36. The molecule has 0 amide bonds. The number of hydrogen-bond acceptors (Lipinski definition) is 2. The van der Waals surface area contributed by atoms with Gasteiger partial charge in [0.15, 0.2) is 0 Å². The van der Waals surface area contributed by atoms with E-state index in [0.29, 0.717) is 0 Å². The number of aryl methyl sites for hydroxylation is 1. The molecule has 0 spiro atoms. The van der Waals surface area contributed by atoms with Gasteiger partial charge in [0.05, 0.1) is 0 Å². The highest BCUT2D eigenvalue weighted by Gasteiger charge is 2.19. The maximum atomic E-state index is 4.40. The highest BCUT2D eigenvalue weighted by atomic mass is 14.9. The summed E-state index contributed by atoms with van der Waals surface area (Å²) < 4.78 is 0. The highest BCUT2D eigenvalue weighted by Crippen LogP contribution is 2.23. The lowest BCUT2D eigenvalue weighted by Crippen LogP contribution is -2.17. The molecule has 0 aromatic carbocycles. The Balaban J connectivity index is 3.03. The van der Waals surface area contributed by atoms with Crippen molar-refractivity contribution in [3.05, 3.63) is 23.8 Å². The van der Waals surface area contributed by atoms with E-state index in [1.807, 2.05) is 19.2 Å². The first-order valence-electron chi connectivity index (χ1n) is 4.36. The van der Waals surface area contributed by atoms with Gasteiger partial charge in [0.1, 0.15) is 5.82 Å². The van der Waals surface area contributed by atoms with Crippen molar-refractivity contribution < 1.29 is 0 Å². The fraction of sp³-hybridized carbons (Fsp3) is 0.600. The molecular weight excluding hydrogens is 148 g/mol. The second-order valence-electron chi connectivity index (χ2n) is 3.73. The molecule has 66 valence electrons. The first-order chi connectivity index (χ1) is 5.56. The molecule has 0 unspecified atom stereocenters. The van der Waals surface area contributed by atoms with Gasteiger partial charge >= 0.3 is 0 Å². The van der Waals surface area contributed by atoms with Crippen molar-refractivity contribution in [2.75, 3.05) is 0 Å². The largest absolute Gasteiger partial charge is 0.242 e. The van der Waals surface area contributed by atoms with E-state index in [2.05, 4.69) is 30.7 Å². The van der Waals surface area contributed by atoms with Crippen LogP contribution in [0, 0.1) is 6.92 Å². The Morgan fingerprint density at radius 3 is 2.58 bits per heavy atom. The van der Waals surface area contributed by atoms with E-state index < -0.39 is 0 Å². The second-order valence-corrected chi connectivity index (χ2v) is 3.73. The lowest BCUT2D eigenvalue weighted by Gasteiger charge is -2.21. The van der Waals surface area contributed by atoms with Crippen LogP contribution in [0.15, 0.2) is 12.3 Å². The Bertz CT molecular complexity index is 266. The minimum Gasteiger partial charge on any atom is -0.242 e. The molecule has 0 radical (unpaired) electrons. The van der Waals surface area contributed by atoms with E-state index in [1.165, 1.54) is 0 Å². The van der Waals surface area contributed by atoms with Gasteiger partial charge < -0.3 is 0 Å². The predicted octanol–water partition coefficient (Wildman–Crippen LogP) is 2.47. The van der Waals surface area contributed by atoms with Crippen molar-refractivity contribution in [1.29, 1.82) is 0 Å². The van der Waals surface area contributed by atoms with Crippen LogP contribution in [-0.2, 0) is 5.41 Å². The van der Waals surface area contributed by atoms with Crippen LogP contribution in [0.25, 0.3) is 0 Å². The third-order valence-corrected chi connectivity index (χ3v) is 2.35. The molecular formula is C10H16N2. The van der Waals surface area contributed by atoms with Gasteiger partial charge in [0.25, 0.3) is 0 Å². The monoisotopic (exact) mass is 164 g/mol. The van der Waals surface area contributed by atoms with E-state index in [9.17, 15) is 0 Å². The molecule has 0 atom stereocenters. The summed E-state index contributed by atoms with van der Waals surface area (Å²) in [7, 11) is 0. The van der Waals surface area contributed by atoms with E-state index in [-0.39, 0.29) is 5.41 Å². The summed E-state index contributed by atoms with van der Waals surface area (Å²) in [5, 5.41) is 0. The quantitative estimate of drug-likeness (QED) is 0.671. The predicted molar refractivity (Wildman–Crippen MR) is 50.1 cm³/mol. The van der Waals surface area contributed by atoms with Crippen LogP contribution in [0.2, 0.25) is 0 Å². The van der Waals surface area contributed by atoms with Crippen molar-refractivity contribution in [2.45, 2.75) is 39.5 Å². The minimum absolute atomic E-state index is 0.174. The van der Waals surface area contributed by atoms with Crippen LogP contribution in [-0.4, -0.2) is 9.97 Å². The molecule has 1 aromatic rings. The third kappa shape index (κ3) is 1.81. The summed E-state index contributed by atoms with van der Waals surface area (Å²) in [6.07, 6.45) is 2.93. The van der Waals surface area contributed by atoms with Gasteiger partial charge in [-0.2, -0.15) is 0 Å². The van der Waals surface area contributed by atoms with Crippen LogP contribution < -0.4 is 0 Å². The van der Waals surface area contributed by atoms with Crippen LogP contribution in [0.4, 0.5) is 0 Å². The first kappa shape index (κ1) is 9.17.